The molecule has 0 aliphatic heterocycles. The third-order valence-electron chi connectivity index (χ3n) is 1.75. The third-order valence-corrected chi connectivity index (χ3v) is 1.75. The third kappa shape index (κ3) is 2.60. The second-order valence-electron chi connectivity index (χ2n) is 2.85. The van der Waals surface area contributed by atoms with Gasteiger partial charge in [-0.25, -0.2) is 0 Å². The van der Waals surface area contributed by atoms with Crippen LogP contribution in [0, 0.1) is 25.7 Å². The minimum atomic E-state index is 0.800. The lowest BCUT2D eigenvalue weighted by Crippen LogP contribution is -2.05. The molecule has 3 nitrogen and oxygen atoms in total. The van der Waals surface area contributed by atoms with Crippen molar-refractivity contribution >= 4 is 0 Å². The van der Waals surface area contributed by atoms with Crippen LogP contribution in [-0.4, -0.2) is 18.7 Å². The molecule has 1 aromatic rings. The summed E-state index contributed by atoms with van der Waals surface area (Å²) in [7, 11) is 1.91. The van der Waals surface area contributed by atoms with E-state index in [0.29, 0.717) is 0 Å². The Morgan fingerprint density at radius 3 is 2.77 bits per heavy atom. The average molecular weight is 178 g/mol. The fourth-order valence-electron chi connectivity index (χ4n) is 1.000. The molecule has 0 unspecified atom stereocenters. The first-order valence-corrected chi connectivity index (χ1v) is 4.32. The summed E-state index contributed by atoms with van der Waals surface area (Å²) in [6, 6.07) is 0. The first-order valence-electron chi connectivity index (χ1n) is 4.32. The van der Waals surface area contributed by atoms with Crippen LogP contribution in [0.2, 0.25) is 0 Å². The minimum Gasteiger partial charge on any atom is -0.360 e. The molecule has 0 saturated heterocycles. The molecular weight excluding hydrogens is 164 g/mol. The van der Waals surface area contributed by atoms with Gasteiger partial charge in [0, 0.05) is 13.0 Å². The fourth-order valence-corrected chi connectivity index (χ4v) is 1.000. The van der Waals surface area contributed by atoms with E-state index in [1.807, 2.05) is 20.9 Å². The number of nitrogens with zero attached hydrogens (tertiary/aromatic N) is 1. The van der Waals surface area contributed by atoms with Crippen LogP contribution in [0.1, 0.15) is 23.4 Å². The minimum absolute atomic E-state index is 0.800. The normalized spacial score (nSPS) is 9.46. The van der Waals surface area contributed by atoms with Crippen LogP contribution in [0.25, 0.3) is 0 Å². The summed E-state index contributed by atoms with van der Waals surface area (Å²) in [5.74, 6) is 6.91. The highest BCUT2D eigenvalue weighted by molar-refractivity contribution is 5.39. The molecule has 0 fully saturated rings. The Bertz CT molecular complexity index is 311. The number of nitrogens with one attached hydrogen (secondary N) is 1. The van der Waals surface area contributed by atoms with Crippen molar-refractivity contribution in [1.29, 1.82) is 0 Å². The molecule has 0 aliphatic rings. The van der Waals surface area contributed by atoms with Crippen LogP contribution in [0.15, 0.2) is 4.52 Å². The molecule has 0 amide bonds. The zero-order valence-corrected chi connectivity index (χ0v) is 8.27. The molecule has 1 rings (SSSR count). The maximum Gasteiger partial charge on any atom is 0.149 e. The molecule has 0 aromatic carbocycles. The maximum absolute atomic E-state index is 4.98. The number of hydrogen-bond donors (Lipinski definition) is 1. The quantitative estimate of drug-likeness (QED) is 0.547. The van der Waals surface area contributed by atoms with Crippen molar-refractivity contribution in [3.63, 3.8) is 0 Å². The molecule has 13 heavy (non-hydrogen) atoms. The van der Waals surface area contributed by atoms with Crippen LogP contribution in [0.3, 0.4) is 0 Å². The molecule has 0 aliphatic carbocycles. The summed E-state index contributed by atoms with van der Waals surface area (Å²) in [5, 5.41) is 6.86. The standard InChI is InChI=1S/C10H14N2O/c1-8-10(9(2)13-12-8)6-4-5-7-11-3/h11H,5,7H2,1-3H3. The topological polar surface area (TPSA) is 38.1 Å². The Balaban J connectivity index is 2.65. The van der Waals surface area contributed by atoms with E-state index in [4.69, 9.17) is 4.52 Å². The van der Waals surface area contributed by atoms with Gasteiger partial charge < -0.3 is 9.84 Å². The summed E-state index contributed by atoms with van der Waals surface area (Å²) in [6.07, 6.45) is 0.848. The molecule has 0 saturated carbocycles. The molecule has 1 N–H and O–H groups in total. The van der Waals surface area contributed by atoms with E-state index in [2.05, 4.69) is 22.3 Å². The van der Waals surface area contributed by atoms with Gasteiger partial charge in [0.15, 0.2) is 0 Å². The highest BCUT2D eigenvalue weighted by atomic mass is 16.5. The fraction of sp³-hybridized carbons (Fsp3) is 0.500. The highest BCUT2D eigenvalue weighted by Gasteiger charge is 2.04. The zero-order chi connectivity index (χ0) is 9.68. The van der Waals surface area contributed by atoms with E-state index in [-0.39, 0.29) is 0 Å². The lowest BCUT2D eigenvalue weighted by molar-refractivity contribution is 0.393. The van der Waals surface area contributed by atoms with Gasteiger partial charge in [-0.1, -0.05) is 17.0 Å². The van der Waals surface area contributed by atoms with Gasteiger partial charge in [0.2, 0.25) is 0 Å². The lowest BCUT2D eigenvalue weighted by Gasteiger charge is -1.88. The summed E-state index contributed by atoms with van der Waals surface area (Å²) < 4.78 is 4.98. The first kappa shape index (κ1) is 9.82. The SMILES string of the molecule is CNCCC#Cc1c(C)noc1C. The molecule has 3 heteroatoms. The second-order valence-corrected chi connectivity index (χ2v) is 2.85. The molecule has 0 spiro atoms. The van der Waals surface area contributed by atoms with Crippen LogP contribution in [0.5, 0.6) is 0 Å². The van der Waals surface area contributed by atoms with Gasteiger partial charge in [0.25, 0.3) is 0 Å². The highest BCUT2D eigenvalue weighted by Crippen LogP contribution is 2.09. The van der Waals surface area contributed by atoms with Crippen molar-refractivity contribution in [2.45, 2.75) is 20.3 Å². The van der Waals surface area contributed by atoms with Gasteiger partial charge in [-0.2, -0.15) is 0 Å². The van der Waals surface area contributed by atoms with Crippen molar-refractivity contribution in [3.05, 3.63) is 17.0 Å². The number of rotatable bonds is 2. The van der Waals surface area contributed by atoms with Crippen LogP contribution < -0.4 is 5.32 Å². The van der Waals surface area contributed by atoms with Gasteiger partial charge >= 0.3 is 0 Å². The second kappa shape index (κ2) is 4.68. The van der Waals surface area contributed by atoms with Crippen molar-refractivity contribution in [1.82, 2.24) is 10.5 Å². The Kier molecular flexibility index (Phi) is 3.53. The van der Waals surface area contributed by atoms with E-state index in [9.17, 15) is 0 Å². The molecule has 0 radical (unpaired) electrons. The summed E-state index contributed by atoms with van der Waals surface area (Å²) in [4.78, 5) is 0. The molecular formula is C10H14N2O. The van der Waals surface area contributed by atoms with E-state index in [1.54, 1.807) is 0 Å². The smallest absolute Gasteiger partial charge is 0.149 e. The summed E-state index contributed by atoms with van der Waals surface area (Å²) >= 11 is 0. The van der Waals surface area contributed by atoms with Gasteiger partial charge in [0.05, 0.1) is 11.3 Å². The van der Waals surface area contributed by atoms with Crippen molar-refractivity contribution in [3.8, 4) is 11.8 Å². The maximum atomic E-state index is 4.98. The molecule has 1 heterocycles. The summed E-state index contributed by atoms with van der Waals surface area (Å²) in [5.41, 5.74) is 1.80. The Hall–Kier alpha value is -1.27. The summed E-state index contributed by atoms with van der Waals surface area (Å²) in [6.45, 7) is 4.69. The van der Waals surface area contributed by atoms with E-state index in [0.717, 1.165) is 30.0 Å². The van der Waals surface area contributed by atoms with E-state index in [1.165, 1.54) is 0 Å². The molecule has 0 atom stereocenters. The van der Waals surface area contributed by atoms with Gasteiger partial charge in [-0.3, -0.25) is 0 Å². The van der Waals surface area contributed by atoms with Crippen LogP contribution >= 0.6 is 0 Å². The zero-order valence-electron chi connectivity index (χ0n) is 8.27. The first-order chi connectivity index (χ1) is 6.25. The predicted octanol–water partition coefficient (Wildman–Crippen LogP) is 1.25. The predicted molar refractivity (Wildman–Crippen MR) is 51.4 cm³/mol. The lowest BCUT2D eigenvalue weighted by atomic mass is 10.2. The van der Waals surface area contributed by atoms with E-state index < -0.39 is 0 Å². The van der Waals surface area contributed by atoms with Crippen molar-refractivity contribution in [2.75, 3.05) is 13.6 Å². The van der Waals surface area contributed by atoms with Gasteiger partial charge in [-0.05, 0) is 20.9 Å². The largest absolute Gasteiger partial charge is 0.360 e. The van der Waals surface area contributed by atoms with Crippen LogP contribution in [0.4, 0.5) is 0 Å². The Morgan fingerprint density at radius 2 is 2.23 bits per heavy atom. The van der Waals surface area contributed by atoms with Crippen LogP contribution in [-0.2, 0) is 0 Å². The number of hydrogen-bond acceptors (Lipinski definition) is 3. The van der Waals surface area contributed by atoms with Gasteiger partial charge in [0.1, 0.15) is 5.76 Å². The Labute approximate surface area is 78.5 Å². The average Bonchev–Trinajstić information content (AvgIpc) is 2.42. The van der Waals surface area contributed by atoms with Gasteiger partial charge in [-0.15, -0.1) is 0 Å². The molecule has 70 valence electrons. The molecule has 0 bridgehead atoms. The van der Waals surface area contributed by atoms with Crippen molar-refractivity contribution in [2.24, 2.45) is 0 Å². The van der Waals surface area contributed by atoms with Crippen molar-refractivity contribution < 1.29 is 4.52 Å². The molecule has 1 aromatic heterocycles. The van der Waals surface area contributed by atoms with E-state index >= 15 is 0 Å². The monoisotopic (exact) mass is 178 g/mol. The Morgan fingerprint density at radius 1 is 1.46 bits per heavy atom. The number of aromatic nitrogens is 1. The number of aryl methyl sites for hydroxylation is 2.